The van der Waals surface area contributed by atoms with E-state index in [0.717, 1.165) is 12.1 Å². The normalized spacial score (nSPS) is 15.4. The van der Waals surface area contributed by atoms with Gasteiger partial charge in [0.2, 0.25) is 0 Å². The van der Waals surface area contributed by atoms with E-state index in [4.69, 9.17) is 4.74 Å². The van der Waals surface area contributed by atoms with E-state index in [1.54, 1.807) is 20.2 Å². The molecular formula is C10H18N2O2. The molecular weight excluding hydrogens is 180 g/mol. The molecule has 1 heterocycles. The molecule has 0 aliphatic heterocycles. The summed E-state index contributed by atoms with van der Waals surface area (Å²) in [6, 6.07) is 0. The molecule has 0 fully saturated rings. The van der Waals surface area contributed by atoms with Gasteiger partial charge in [-0.2, -0.15) is 5.10 Å². The Balaban J connectivity index is 2.58. The molecule has 1 aromatic heterocycles. The maximum atomic E-state index is 9.89. The summed E-state index contributed by atoms with van der Waals surface area (Å²) in [7, 11) is 1.59. The van der Waals surface area contributed by atoms with E-state index in [1.807, 2.05) is 17.8 Å². The van der Waals surface area contributed by atoms with E-state index in [9.17, 15) is 5.11 Å². The minimum absolute atomic E-state index is 0.338. The van der Waals surface area contributed by atoms with Crippen molar-refractivity contribution in [1.29, 1.82) is 0 Å². The Labute approximate surface area is 84.5 Å². The lowest BCUT2D eigenvalue weighted by Crippen LogP contribution is -2.32. The molecule has 1 unspecified atom stereocenters. The number of hydrogen-bond donors (Lipinski definition) is 1. The molecule has 0 amide bonds. The van der Waals surface area contributed by atoms with E-state index in [1.165, 1.54) is 0 Å². The first kappa shape index (κ1) is 11.2. The van der Waals surface area contributed by atoms with Crippen molar-refractivity contribution in [1.82, 2.24) is 9.78 Å². The lowest BCUT2D eigenvalue weighted by molar-refractivity contribution is -0.0161. The zero-order chi connectivity index (χ0) is 10.6. The highest BCUT2D eigenvalue weighted by molar-refractivity contribution is 5.07. The highest BCUT2D eigenvalue weighted by Crippen LogP contribution is 2.12. The van der Waals surface area contributed by atoms with Gasteiger partial charge in [0.25, 0.3) is 0 Å². The first-order valence-corrected chi connectivity index (χ1v) is 4.80. The zero-order valence-corrected chi connectivity index (χ0v) is 9.03. The van der Waals surface area contributed by atoms with Crippen molar-refractivity contribution in [2.45, 2.75) is 32.4 Å². The number of ether oxygens (including phenoxy) is 1. The lowest BCUT2D eigenvalue weighted by Gasteiger charge is -2.21. The largest absolute Gasteiger partial charge is 0.387 e. The SMILES string of the molecule is CCn1cc(CC(C)(O)COC)cn1. The van der Waals surface area contributed by atoms with Gasteiger partial charge in [-0.15, -0.1) is 0 Å². The zero-order valence-electron chi connectivity index (χ0n) is 9.03. The van der Waals surface area contributed by atoms with E-state index in [2.05, 4.69) is 5.10 Å². The van der Waals surface area contributed by atoms with Gasteiger partial charge in [-0.05, 0) is 19.4 Å². The third-order valence-electron chi connectivity index (χ3n) is 2.05. The summed E-state index contributed by atoms with van der Waals surface area (Å²) in [5.74, 6) is 0. The Hall–Kier alpha value is -0.870. The van der Waals surface area contributed by atoms with Gasteiger partial charge in [0, 0.05) is 26.3 Å². The summed E-state index contributed by atoms with van der Waals surface area (Å²) in [5, 5.41) is 14.0. The molecule has 0 aliphatic rings. The molecule has 0 spiro atoms. The van der Waals surface area contributed by atoms with E-state index in [0.29, 0.717) is 13.0 Å². The summed E-state index contributed by atoms with van der Waals surface area (Å²) < 4.78 is 6.78. The van der Waals surface area contributed by atoms with Crippen LogP contribution < -0.4 is 0 Å². The highest BCUT2D eigenvalue weighted by Gasteiger charge is 2.21. The molecule has 80 valence electrons. The summed E-state index contributed by atoms with van der Waals surface area (Å²) in [6.07, 6.45) is 4.30. The smallest absolute Gasteiger partial charge is 0.0893 e. The Morgan fingerprint density at radius 2 is 2.36 bits per heavy atom. The van der Waals surface area contributed by atoms with Gasteiger partial charge in [-0.3, -0.25) is 4.68 Å². The molecule has 1 aromatic rings. The lowest BCUT2D eigenvalue weighted by atomic mass is 10.00. The average Bonchev–Trinajstić information content (AvgIpc) is 2.51. The molecule has 14 heavy (non-hydrogen) atoms. The van der Waals surface area contributed by atoms with Crippen molar-refractivity contribution < 1.29 is 9.84 Å². The summed E-state index contributed by atoms with van der Waals surface area (Å²) in [6.45, 7) is 4.99. The van der Waals surface area contributed by atoms with Crippen LogP contribution in [0.2, 0.25) is 0 Å². The van der Waals surface area contributed by atoms with Gasteiger partial charge in [0.15, 0.2) is 0 Å². The third kappa shape index (κ3) is 3.12. The van der Waals surface area contributed by atoms with Crippen LogP contribution in [-0.2, 0) is 17.7 Å². The van der Waals surface area contributed by atoms with Crippen LogP contribution in [0.15, 0.2) is 12.4 Å². The predicted octanol–water partition coefficient (Wildman–Crippen LogP) is 0.843. The van der Waals surface area contributed by atoms with Crippen LogP contribution in [0.1, 0.15) is 19.4 Å². The Bertz CT molecular complexity index is 281. The minimum Gasteiger partial charge on any atom is -0.387 e. The van der Waals surface area contributed by atoms with Gasteiger partial charge >= 0.3 is 0 Å². The van der Waals surface area contributed by atoms with E-state index >= 15 is 0 Å². The van der Waals surface area contributed by atoms with E-state index < -0.39 is 5.60 Å². The van der Waals surface area contributed by atoms with Crippen LogP contribution in [0, 0.1) is 0 Å². The Kier molecular flexibility index (Phi) is 3.66. The first-order valence-electron chi connectivity index (χ1n) is 4.80. The summed E-state index contributed by atoms with van der Waals surface area (Å²) in [5.41, 5.74) is 0.227. The quantitative estimate of drug-likeness (QED) is 0.762. The number of methoxy groups -OCH3 is 1. The van der Waals surface area contributed by atoms with Crippen molar-refractivity contribution >= 4 is 0 Å². The molecule has 0 saturated carbocycles. The standard InChI is InChI=1S/C10H18N2O2/c1-4-12-7-9(6-11-12)5-10(2,13)8-14-3/h6-7,13H,4-5,8H2,1-3H3. The van der Waals surface area contributed by atoms with E-state index in [-0.39, 0.29) is 0 Å². The fraction of sp³-hybridized carbons (Fsp3) is 0.700. The molecule has 0 bridgehead atoms. The van der Waals surface area contributed by atoms with Crippen LogP contribution >= 0.6 is 0 Å². The average molecular weight is 198 g/mol. The number of rotatable bonds is 5. The second-order valence-corrected chi connectivity index (χ2v) is 3.81. The van der Waals surface area contributed by atoms with Crippen molar-refractivity contribution in [2.75, 3.05) is 13.7 Å². The minimum atomic E-state index is -0.809. The van der Waals surface area contributed by atoms with Crippen molar-refractivity contribution in [3.05, 3.63) is 18.0 Å². The Morgan fingerprint density at radius 3 is 2.86 bits per heavy atom. The molecule has 0 saturated heterocycles. The van der Waals surface area contributed by atoms with Crippen LogP contribution in [0.3, 0.4) is 0 Å². The highest BCUT2D eigenvalue weighted by atomic mass is 16.5. The maximum absolute atomic E-state index is 9.89. The maximum Gasteiger partial charge on any atom is 0.0893 e. The molecule has 4 nitrogen and oxygen atoms in total. The van der Waals surface area contributed by atoms with Gasteiger partial charge in [0.05, 0.1) is 18.4 Å². The van der Waals surface area contributed by atoms with Gasteiger partial charge < -0.3 is 9.84 Å². The monoisotopic (exact) mass is 198 g/mol. The molecule has 1 atom stereocenters. The van der Waals surface area contributed by atoms with Crippen LogP contribution in [0.5, 0.6) is 0 Å². The van der Waals surface area contributed by atoms with Gasteiger partial charge in [-0.1, -0.05) is 0 Å². The first-order chi connectivity index (χ1) is 6.57. The Morgan fingerprint density at radius 1 is 1.64 bits per heavy atom. The number of aliphatic hydroxyl groups is 1. The number of nitrogens with zero attached hydrogens (tertiary/aromatic N) is 2. The number of hydrogen-bond acceptors (Lipinski definition) is 3. The van der Waals surface area contributed by atoms with Crippen LogP contribution in [0.4, 0.5) is 0 Å². The topological polar surface area (TPSA) is 47.3 Å². The summed E-state index contributed by atoms with van der Waals surface area (Å²) in [4.78, 5) is 0. The number of aromatic nitrogens is 2. The van der Waals surface area contributed by atoms with Crippen LogP contribution in [-0.4, -0.2) is 34.2 Å². The molecule has 0 aromatic carbocycles. The molecule has 1 rings (SSSR count). The molecule has 0 radical (unpaired) electrons. The predicted molar refractivity (Wildman–Crippen MR) is 54.1 cm³/mol. The molecule has 4 heteroatoms. The second kappa shape index (κ2) is 4.57. The van der Waals surface area contributed by atoms with Gasteiger partial charge in [-0.25, -0.2) is 0 Å². The fourth-order valence-electron chi connectivity index (χ4n) is 1.47. The third-order valence-corrected chi connectivity index (χ3v) is 2.05. The molecule has 0 aliphatic carbocycles. The van der Waals surface area contributed by atoms with Crippen molar-refractivity contribution in [3.63, 3.8) is 0 Å². The van der Waals surface area contributed by atoms with Gasteiger partial charge in [0.1, 0.15) is 0 Å². The van der Waals surface area contributed by atoms with Crippen molar-refractivity contribution in [2.24, 2.45) is 0 Å². The van der Waals surface area contributed by atoms with Crippen LogP contribution in [0.25, 0.3) is 0 Å². The second-order valence-electron chi connectivity index (χ2n) is 3.81. The van der Waals surface area contributed by atoms with Crippen molar-refractivity contribution in [3.8, 4) is 0 Å². The molecule has 1 N–H and O–H groups in total. The summed E-state index contributed by atoms with van der Waals surface area (Å²) >= 11 is 0. The fourth-order valence-corrected chi connectivity index (χ4v) is 1.47. The number of aryl methyl sites for hydroxylation is 1.